The Kier molecular flexibility index (Phi) is 6.28. The summed E-state index contributed by atoms with van der Waals surface area (Å²) in [6, 6.07) is 20.0. The second kappa shape index (κ2) is 9.28. The van der Waals surface area contributed by atoms with Crippen LogP contribution in [0.4, 0.5) is 0 Å². The molecule has 0 spiro atoms. The van der Waals surface area contributed by atoms with Crippen LogP contribution in [0.25, 0.3) is 22.3 Å². The zero-order chi connectivity index (χ0) is 22.7. The van der Waals surface area contributed by atoms with Gasteiger partial charge in [-0.25, -0.2) is 0 Å². The van der Waals surface area contributed by atoms with Crippen LogP contribution in [0.3, 0.4) is 0 Å². The number of esters is 1. The molecule has 0 bridgehead atoms. The predicted molar refractivity (Wildman–Crippen MR) is 124 cm³/mol. The van der Waals surface area contributed by atoms with Gasteiger partial charge in [-0.1, -0.05) is 36.4 Å². The Hall–Kier alpha value is -3.58. The Morgan fingerprint density at radius 3 is 2.50 bits per heavy atom. The van der Waals surface area contributed by atoms with Gasteiger partial charge in [0.25, 0.3) is 0 Å². The molecule has 6 nitrogen and oxygen atoms in total. The minimum atomic E-state index is -0.625. The lowest BCUT2D eigenvalue weighted by atomic mass is 10.1. The molecule has 7 heteroatoms. The van der Waals surface area contributed by atoms with E-state index in [-0.39, 0.29) is 11.5 Å². The van der Waals surface area contributed by atoms with E-state index < -0.39 is 11.4 Å². The lowest BCUT2D eigenvalue weighted by Gasteiger charge is -2.14. The zero-order valence-corrected chi connectivity index (χ0v) is 19.0. The monoisotopic (exact) mass is 494 g/mol. The molecular formula is C25H19BrO6. The van der Waals surface area contributed by atoms with Crippen molar-refractivity contribution in [3.63, 3.8) is 0 Å². The highest BCUT2D eigenvalue weighted by atomic mass is 79.9. The molecular weight excluding hydrogens is 476 g/mol. The van der Waals surface area contributed by atoms with E-state index in [0.717, 1.165) is 5.56 Å². The van der Waals surface area contributed by atoms with E-state index in [9.17, 15) is 9.59 Å². The van der Waals surface area contributed by atoms with Crippen LogP contribution < -0.4 is 19.6 Å². The molecule has 32 heavy (non-hydrogen) atoms. The third-order valence-electron chi connectivity index (χ3n) is 4.74. The first-order valence-corrected chi connectivity index (χ1v) is 10.6. The summed E-state index contributed by atoms with van der Waals surface area (Å²) in [4.78, 5) is 24.8. The molecule has 1 aromatic heterocycles. The first-order chi connectivity index (χ1) is 15.5. The summed E-state index contributed by atoms with van der Waals surface area (Å²) in [5, 5.41) is 0.294. The average molecular weight is 495 g/mol. The van der Waals surface area contributed by atoms with Crippen molar-refractivity contribution in [2.75, 3.05) is 7.11 Å². The van der Waals surface area contributed by atoms with E-state index in [1.54, 1.807) is 36.4 Å². The maximum absolute atomic E-state index is 13.1. The molecule has 4 rings (SSSR count). The summed E-state index contributed by atoms with van der Waals surface area (Å²) in [6.45, 7) is 1.60. The second-order valence-corrected chi connectivity index (χ2v) is 7.79. The Morgan fingerprint density at radius 1 is 1.00 bits per heavy atom. The molecule has 0 saturated carbocycles. The SMILES string of the molecule is COc1cc(-c2oc3cccc(Br)c3c(=O)c2OC(C)=O)ccc1OCc1ccccc1. The van der Waals surface area contributed by atoms with E-state index in [1.165, 1.54) is 14.0 Å². The molecule has 0 radical (unpaired) electrons. The quantitative estimate of drug-likeness (QED) is 0.318. The smallest absolute Gasteiger partial charge is 0.308 e. The molecule has 0 N–H and O–H groups in total. The van der Waals surface area contributed by atoms with Gasteiger partial charge < -0.3 is 18.6 Å². The normalized spacial score (nSPS) is 10.7. The number of halogens is 1. The van der Waals surface area contributed by atoms with Crippen LogP contribution >= 0.6 is 15.9 Å². The third-order valence-corrected chi connectivity index (χ3v) is 5.40. The predicted octanol–water partition coefficient (Wildman–Crippen LogP) is 5.74. The number of carbonyl (C=O) groups excluding carboxylic acids is 1. The van der Waals surface area contributed by atoms with Crippen LogP contribution in [0.2, 0.25) is 0 Å². The first-order valence-electron chi connectivity index (χ1n) is 9.77. The van der Waals surface area contributed by atoms with Crippen molar-refractivity contribution in [3.8, 4) is 28.6 Å². The van der Waals surface area contributed by atoms with Crippen molar-refractivity contribution >= 4 is 32.9 Å². The number of rotatable bonds is 6. The van der Waals surface area contributed by atoms with Gasteiger partial charge in [0, 0.05) is 17.0 Å². The van der Waals surface area contributed by atoms with Gasteiger partial charge in [0.2, 0.25) is 11.2 Å². The first kappa shape index (κ1) is 21.6. The largest absolute Gasteiger partial charge is 0.493 e. The van der Waals surface area contributed by atoms with E-state index in [2.05, 4.69) is 15.9 Å². The minimum absolute atomic E-state index is 0.128. The molecule has 4 aromatic rings. The van der Waals surface area contributed by atoms with Gasteiger partial charge in [-0.05, 0) is 51.8 Å². The summed E-state index contributed by atoms with van der Waals surface area (Å²) in [7, 11) is 1.52. The number of benzene rings is 3. The number of methoxy groups -OCH3 is 1. The van der Waals surface area contributed by atoms with Crippen LogP contribution in [0.5, 0.6) is 17.2 Å². The average Bonchev–Trinajstić information content (AvgIpc) is 2.79. The topological polar surface area (TPSA) is 75.0 Å². The Labute approximate surface area is 192 Å². The fraction of sp³-hybridized carbons (Fsp3) is 0.120. The highest BCUT2D eigenvalue weighted by Gasteiger charge is 2.22. The molecule has 0 saturated heterocycles. The molecule has 0 aliphatic rings. The molecule has 0 aliphatic heterocycles. The van der Waals surface area contributed by atoms with Crippen LogP contribution in [0.1, 0.15) is 12.5 Å². The highest BCUT2D eigenvalue weighted by Crippen LogP contribution is 2.38. The molecule has 1 heterocycles. The standard InChI is InChI=1S/C25H19BrO6/c1-15(27)31-25-23(28)22-18(26)9-6-10-20(22)32-24(25)17-11-12-19(21(13-17)29-2)30-14-16-7-4-3-5-8-16/h3-13H,14H2,1-2H3. The van der Waals surface area contributed by atoms with Crippen LogP contribution in [-0.4, -0.2) is 13.1 Å². The van der Waals surface area contributed by atoms with Gasteiger partial charge in [-0.15, -0.1) is 0 Å². The fourth-order valence-corrected chi connectivity index (χ4v) is 3.80. The molecule has 162 valence electrons. The summed E-state index contributed by atoms with van der Waals surface area (Å²) >= 11 is 3.36. The Bertz CT molecular complexity index is 1340. The van der Waals surface area contributed by atoms with Crippen molar-refractivity contribution in [2.24, 2.45) is 0 Å². The number of hydrogen-bond donors (Lipinski definition) is 0. The number of fused-ring (bicyclic) bond motifs is 1. The van der Waals surface area contributed by atoms with E-state index in [0.29, 0.717) is 39.1 Å². The van der Waals surface area contributed by atoms with Crippen LogP contribution in [0.15, 0.2) is 80.4 Å². The van der Waals surface area contributed by atoms with Crippen molar-refractivity contribution in [2.45, 2.75) is 13.5 Å². The lowest BCUT2D eigenvalue weighted by Crippen LogP contribution is -2.13. The number of carbonyl (C=O) groups is 1. The summed E-state index contributed by atoms with van der Waals surface area (Å²) in [5.74, 6) is 0.296. The highest BCUT2D eigenvalue weighted by molar-refractivity contribution is 9.10. The van der Waals surface area contributed by atoms with Gasteiger partial charge in [0.05, 0.1) is 12.5 Å². The van der Waals surface area contributed by atoms with Gasteiger partial charge in [-0.2, -0.15) is 0 Å². The summed E-state index contributed by atoms with van der Waals surface area (Å²) in [6.07, 6.45) is 0. The van der Waals surface area contributed by atoms with Gasteiger partial charge >= 0.3 is 5.97 Å². The molecule has 0 fully saturated rings. The van der Waals surface area contributed by atoms with Gasteiger partial charge in [-0.3, -0.25) is 9.59 Å². The van der Waals surface area contributed by atoms with Gasteiger partial charge in [0.1, 0.15) is 12.2 Å². The number of hydrogen-bond acceptors (Lipinski definition) is 6. The second-order valence-electron chi connectivity index (χ2n) is 6.94. The van der Waals surface area contributed by atoms with E-state index >= 15 is 0 Å². The Morgan fingerprint density at radius 2 is 1.78 bits per heavy atom. The minimum Gasteiger partial charge on any atom is -0.493 e. The molecule has 0 amide bonds. The summed E-state index contributed by atoms with van der Waals surface area (Å²) in [5.41, 5.74) is 1.43. The fourth-order valence-electron chi connectivity index (χ4n) is 3.27. The van der Waals surface area contributed by atoms with Crippen LogP contribution in [0, 0.1) is 0 Å². The molecule has 0 unspecified atom stereocenters. The number of ether oxygens (including phenoxy) is 3. The van der Waals surface area contributed by atoms with Crippen molar-refractivity contribution in [1.82, 2.24) is 0 Å². The summed E-state index contributed by atoms with van der Waals surface area (Å²) < 4.78 is 23.2. The molecule has 0 atom stereocenters. The zero-order valence-electron chi connectivity index (χ0n) is 17.4. The van der Waals surface area contributed by atoms with E-state index in [4.69, 9.17) is 18.6 Å². The van der Waals surface area contributed by atoms with Crippen molar-refractivity contribution < 1.29 is 23.4 Å². The maximum atomic E-state index is 13.1. The molecule has 3 aromatic carbocycles. The Balaban J connectivity index is 1.79. The molecule has 0 aliphatic carbocycles. The van der Waals surface area contributed by atoms with Crippen LogP contribution in [-0.2, 0) is 11.4 Å². The lowest BCUT2D eigenvalue weighted by molar-refractivity contribution is -0.132. The van der Waals surface area contributed by atoms with Crippen molar-refractivity contribution in [1.29, 1.82) is 0 Å². The third kappa shape index (κ3) is 4.38. The van der Waals surface area contributed by atoms with Gasteiger partial charge in [0.15, 0.2) is 17.3 Å². The maximum Gasteiger partial charge on any atom is 0.308 e. The van der Waals surface area contributed by atoms with E-state index in [1.807, 2.05) is 30.3 Å². The van der Waals surface area contributed by atoms with Crippen molar-refractivity contribution in [3.05, 3.63) is 87.0 Å².